The van der Waals surface area contributed by atoms with Crippen LogP contribution in [0.25, 0.3) is 33.6 Å². The zero-order valence-electron chi connectivity index (χ0n) is 28.7. The molecule has 0 bridgehead atoms. The van der Waals surface area contributed by atoms with Crippen LogP contribution in [0.4, 0.5) is 10.1 Å². The van der Waals surface area contributed by atoms with Crippen LogP contribution in [0.15, 0.2) is 128 Å². The lowest BCUT2D eigenvalue weighted by atomic mass is 9.96. The number of halogens is 1. The molecule has 0 spiro atoms. The molecule has 0 unspecified atom stereocenters. The molecule has 0 saturated heterocycles. The number of rotatable bonds is 15. The van der Waals surface area contributed by atoms with E-state index in [0.717, 1.165) is 74.0 Å². The van der Waals surface area contributed by atoms with Crippen molar-refractivity contribution in [3.05, 3.63) is 162 Å². The van der Waals surface area contributed by atoms with E-state index in [1.165, 1.54) is 11.6 Å². The number of aromatic amines is 2. The molecular weight excluding hydrogens is 609 g/mol. The molecule has 0 fully saturated rings. The number of aryl methyl sites for hydroxylation is 1. The van der Waals surface area contributed by atoms with Gasteiger partial charge in [-0.15, -0.1) is 0 Å². The molecule has 49 heavy (non-hydrogen) atoms. The summed E-state index contributed by atoms with van der Waals surface area (Å²) < 4.78 is 14.9. The van der Waals surface area contributed by atoms with Gasteiger partial charge in [-0.1, -0.05) is 68.3 Å². The molecule has 5 rings (SSSR count). The number of nitrogens with zero attached hydrogens (tertiary/aromatic N) is 3. The molecule has 0 amide bonds. The third kappa shape index (κ3) is 8.60. The van der Waals surface area contributed by atoms with Gasteiger partial charge in [-0.05, 0) is 98.8 Å². The normalized spacial score (nSPS) is 12.4. The van der Waals surface area contributed by atoms with Crippen molar-refractivity contribution in [3.63, 3.8) is 0 Å². The van der Waals surface area contributed by atoms with Crippen LogP contribution in [0, 0.1) is 12.7 Å². The third-order valence-corrected chi connectivity index (χ3v) is 8.07. The van der Waals surface area contributed by atoms with Gasteiger partial charge >= 0.3 is 0 Å². The van der Waals surface area contributed by atoms with Gasteiger partial charge in [-0.2, -0.15) is 5.10 Å². The molecule has 250 valence electrons. The Kier molecular flexibility index (Phi) is 11.2. The highest BCUT2D eigenvalue weighted by Crippen LogP contribution is 2.34. The van der Waals surface area contributed by atoms with Crippen molar-refractivity contribution in [2.45, 2.75) is 20.3 Å². The molecule has 4 N–H and O–H groups in total. The fraction of sp³-hybridized carbons (Fsp3) is 0.171. The van der Waals surface area contributed by atoms with Gasteiger partial charge < -0.3 is 20.5 Å². The minimum absolute atomic E-state index is 0.313. The second-order valence-corrected chi connectivity index (χ2v) is 12.1. The second-order valence-electron chi connectivity index (χ2n) is 12.1. The van der Waals surface area contributed by atoms with Crippen LogP contribution in [0.1, 0.15) is 35.0 Å². The number of allylic oxidation sites excluding steroid dienone is 7. The SMILES string of the molecule is C=C/C=C(/c1cc(F)cc(NCCN(C)C)c1)c1cc(-c2n[nH]c3ccc(C(/C=C(\C=C)NC(=C)Cc4ccccc4)=C/C)nc23)[nH]c1C. The highest BCUT2D eigenvalue weighted by Gasteiger charge is 2.18. The Morgan fingerprint density at radius 2 is 1.84 bits per heavy atom. The number of aromatic nitrogens is 4. The first-order valence-electron chi connectivity index (χ1n) is 16.3. The van der Waals surface area contributed by atoms with E-state index in [1.807, 2.05) is 88.6 Å². The lowest BCUT2D eigenvalue weighted by molar-refractivity contribution is 0.425. The fourth-order valence-corrected chi connectivity index (χ4v) is 5.65. The molecule has 7 nitrogen and oxygen atoms in total. The molecule has 2 aromatic carbocycles. The standard InChI is InChI=1S/C41H44FN7/c1-8-14-35(31-22-32(42)25-34(24-31)43-19-20-49(6)7)36-26-39(45-28(36)5)41-40-38(47-48-41)18-17-37(46-40)30(9-2)23-33(10-3)44-27(4)21-29-15-12-11-13-16-29/h8-18,22-26,43-45H,1,3-4,19-21H2,2,5-7H3,(H,47,48)/b30-9+,33-23+,35-14-. The van der Waals surface area contributed by atoms with E-state index in [-0.39, 0.29) is 5.82 Å². The van der Waals surface area contributed by atoms with Crippen LogP contribution in [-0.2, 0) is 6.42 Å². The maximum absolute atomic E-state index is 14.9. The molecule has 3 heterocycles. The van der Waals surface area contributed by atoms with Gasteiger partial charge in [0.1, 0.15) is 17.0 Å². The van der Waals surface area contributed by atoms with Gasteiger partial charge in [-0.3, -0.25) is 5.10 Å². The first kappa shape index (κ1) is 34.6. The molecular formula is C41H44FN7. The maximum Gasteiger partial charge on any atom is 0.135 e. The van der Waals surface area contributed by atoms with Crippen LogP contribution in [-0.4, -0.2) is 52.3 Å². The molecule has 0 aliphatic heterocycles. The number of fused-ring (bicyclic) bond motifs is 1. The van der Waals surface area contributed by atoms with E-state index in [0.29, 0.717) is 18.7 Å². The van der Waals surface area contributed by atoms with Gasteiger partial charge in [0, 0.05) is 47.8 Å². The minimum atomic E-state index is -0.313. The average molecular weight is 654 g/mol. The van der Waals surface area contributed by atoms with Crippen molar-refractivity contribution in [3.8, 4) is 11.4 Å². The quantitative estimate of drug-likeness (QED) is 0.0849. The Morgan fingerprint density at radius 3 is 2.55 bits per heavy atom. The van der Waals surface area contributed by atoms with Crippen molar-refractivity contribution in [2.75, 3.05) is 32.5 Å². The molecule has 0 saturated carbocycles. The van der Waals surface area contributed by atoms with Crippen LogP contribution in [0.2, 0.25) is 0 Å². The van der Waals surface area contributed by atoms with Gasteiger partial charge in [0.15, 0.2) is 0 Å². The minimum Gasteiger partial charge on any atom is -0.384 e. The molecule has 0 aliphatic rings. The monoisotopic (exact) mass is 653 g/mol. The summed E-state index contributed by atoms with van der Waals surface area (Å²) in [7, 11) is 4.02. The summed E-state index contributed by atoms with van der Waals surface area (Å²) in [4.78, 5) is 10.6. The zero-order valence-corrected chi connectivity index (χ0v) is 28.7. The van der Waals surface area contributed by atoms with E-state index in [4.69, 9.17) is 4.98 Å². The fourth-order valence-electron chi connectivity index (χ4n) is 5.65. The summed E-state index contributed by atoms with van der Waals surface area (Å²) in [5.41, 5.74) is 11.7. The largest absolute Gasteiger partial charge is 0.384 e. The number of benzene rings is 2. The van der Waals surface area contributed by atoms with Gasteiger partial charge in [0.05, 0.1) is 16.9 Å². The lowest BCUT2D eigenvalue weighted by Gasteiger charge is -2.14. The number of pyridine rings is 1. The van der Waals surface area contributed by atoms with Crippen LogP contribution >= 0.6 is 0 Å². The highest BCUT2D eigenvalue weighted by molar-refractivity contribution is 5.92. The number of nitrogens with one attached hydrogen (secondary N) is 4. The maximum atomic E-state index is 14.9. The van der Waals surface area contributed by atoms with Crippen molar-refractivity contribution in [1.29, 1.82) is 0 Å². The Balaban J connectivity index is 1.44. The molecule has 0 radical (unpaired) electrons. The number of likely N-dealkylation sites (N-methyl/N-ethyl adjacent to an activating group) is 1. The zero-order chi connectivity index (χ0) is 34.9. The van der Waals surface area contributed by atoms with E-state index in [2.05, 4.69) is 62.6 Å². The van der Waals surface area contributed by atoms with Crippen molar-refractivity contribution in [2.24, 2.45) is 0 Å². The summed E-state index contributed by atoms with van der Waals surface area (Å²) in [5, 5.41) is 14.5. The van der Waals surface area contributed by atoms with E-state index < -0.39 is 0 Å². The van der Waals surface area contributed by atoms with Gasteiger partial charge in [-0.25, -0.2) is 9.37 Å². The van der Waals surface area contributed by atoms with E-state index >= 15 is 0 Å². The number of H-pyrrole nitrogens is 2. The smallest absolute Gasteiger partial charge is 0.135 e. The summed E-state index contributed by atoms with van der Waals surface area (Å²) in [6.07, 6.45) is 10.1. The first-order valence-corrected chi connectivity index (χ1v) is 16.3. The summed E-state index contributed by atoms with van der Waals surface area (Å²) >= 11 is 0. The molecule has 5 aromatic rings. The number of hydrogen-bond acceptors (Lipinski definition) is 5. The van der Waals surface area contributed by atoms with Crippen molar-refractivity contribution in [1.82, 2.24) is 30.4 Å². The predicted molar refractivity (Wildman–Crippen MR) is 203 cm³/mol. The van der Waals surface area contributed by atoms with E-state index in [9.17, 15) is 4.39 Å². The summed E-state index contributed by atoms with van der Waals surface area (Å²) in [5.74, 6) is -0.313. The average Bonchev–Trinajstić information content (AvgIpc) is 3.68. The van der Waals surface area contributed by atoms with Crippen LogP contribution in [0.3, 0.4) is 0 Å². The van der Waals surface area contributed by atoms with E-state index in [1.54, 1.807) is 18.2 Å². The van der Waals surface area contributed by atoms with Gasteiger partial charge in [0.25, 0.3) is 0 Å². The molecule has 3 aromatic heterocycles. The van der Waals surface area contributed by atoms with Crippen molar-refractivity contribution < 1.29 is 4.39 Å². The molecule has 8 heteroatoms. The lowest BCUT2D eigenvalue weighted by Crippen LogP contribution is -2.20. The molecule has 0 aliphatic carbocycles. The second kappa shape index (κ2) is 15.9. The van der Waals surface area contributed by atoms with Gasteiger partial charge in [0.2, 0.25) is 0 Å². The Hall–Kier alpha value is -5.73. The van der Waals surface area contributed by atoms with Crippen LogP contribution in [0.5, 0.6) is 0 Å². The Bertz CT molecular complexity index is 2060. The first-order chi connectivity index (χ1) is 23.7. The number of anilines is 1. The van der Waals surface area contributed by atoms with Crippen LogP contribution < -0.4 is 10.6 Å². The van der Waals surface area contributed by atoms with Crippen molar-refractivity contribution >= 4 is 27.9 Å². The number of hydrogen-bond donors (Lipinski definition) is 4. The Labute approximate surface area is 288 Å². The third-order valence-electron chi connectivity index (χ3n) is 8.07. The topological polar surface area (TPSA) is 84.7 Å². The predicted octanol–water partition coefficient (Wildman–Crippen LogP) is 8.81. The summed E-state index contributed by atoms with van der Waals surface area (Å²) in [6.45, 7) is 17.7. The Morgan fingerprint density at radius 1 is 1.04 bits per heavy atom. The highest BCUT2D eigenvalue weighted by atomic mass is 19.1. The molecule has 0 atom stereocenters. The summed E-state index contributed by atoms with van der Waals surface area (Å²) in [6, 6.07) is 21.2.